The molecule has 0 spiro atoms. The summed E-state index contributed by atoms with van der Waals surface area (Å²) in [5.74, 6) is 0.249. The average molecular weight is 274 g/mol. The van der Waals surface area contributed by atoms with Gasteiger partial charge in [-0.1, -0.05) is 15.9 Å². The summed E-state index contributed by atoms with van der Waals surface area (Å²) in [5, 5.41) is 3.69. The van der Waals surface area contributed by atoms with E-state index in [0.717, 1.165) is 6.92 Å². The molecule has 0 bridgehead atoms. The van der Waals surface area contributed by atoms with E-state index in [1.54, 1.807) is 0 Å². The zero-order chi connectivity index (χ0) is 10.8. The van der Waals surface area contributed by atoms with Gasteiger partial charge in [-0.3, -0.25) is 0 Å². The van der Waals surface area contributed by atoms with Crippen molar-refractivity contribution in [3.05, 3.63) is 11.8 Å². The fourth-order valence-corrected chi connectivity index (χ4v) is 0.925. The van der Waals surface area contributed by atoms with Gasteiger partial charge >= 0.3 is 6.18 Å². The number of alkyl halides is 4. The third kappa shape index (κ3) is 2.90. The van der Waals surface area contributed by atoms with Gasteiger partial charge in [0.05, 0.1) is 5.33 Å². The molecule has 0 saturated heterocycles. The van der Waals surface area contributed by atoms with Crippen LogP contribution < -0.4 is 4.74 Å². The lowest BCUT2D eigenvalue weighted by Gasteiger charge is -2.14. The minimum atomic E-state index is -4.40. The second-order valence-corrected chi connectivity index (χ2v) is 3.13. The number of ether oxygens (including phenoxy) is 1. The molecule has 1 aromatic heterocycles. The van der Waals surface area contributed by atoms with Crippen LogP contribution in [0.4, 0.5) is 13.2 Å². The second-order valence-electron chi connectivity index (χ2n) is 2.57. The van der Waals surface area contributed by atoms with Crippen LogP contribution in [0.25, 0.3) is 0 Å². The SMILES string of the molecule is C[C@H](Oc1cc(CBr)on1)C(F)(F)F. The summed E-state index contributed by atoms with van der Waals surface area (Å²) in [4.78, 5) is 0. The molecule has 0 aliphatic heterocycles. The van der Waals surface area contributed by atoms with Crippen molar-refractivity contribution in [2.24, 2.45) is 0 Å². The van der Waals surface area contributed by atoms with Gasteiger partial charge in [-0.2, -0.15) is 13.2 Å². The molecular weight excluding hydrogens is 267 g/mol. The molecule has 0 radical (unpaired) electrons. The molecule has 0 fully saturated rings. The van der Waals surface area contributed by atoms with Crippen LogP contribution in [0, 0.1) is 0 Å². The molecule has 1 aromatic rings. The lowest BCUT2D eigenvalue weighted by atomic mass is 10.4. The van der Waals surface area contributed by atoms with Crippen molar-refractivity contribution in [1.29, 1.82) is 0 Å². The highest BCUT2D eigenvalue weighted by Gasteiger charge is 2.38. The van der Waals surface area contributed by atoms with E-state index in [9.17, 15) is 13.2 Å². The molecule has 7 heteroatoms. The van der Waals surface area contributed by atoms with Crippen LogP contribution in [0.5, 0.6) is 5.88 Å². The molecule has 0 saturated carbocycles. The fraction of sp³-hybridized carbons (Fsp3) is 0.571. The van der Waals surface area contributed by atoms with Gasteiger partial charge in [0.15, 0.2) is 11.9 Å². The first-order valence-corrected chi connectivity index (χ1v) is 4.80. The van der Waals surface area contributed by atoms with E-state index in [0.29, 0.717) is 11.1 Å². The quantitative estimate of drug-likeness (QED) is 0.795. The third-order valence-corrected chi connectivity index (χ3v) is 1.98. The van der Waals surface area contributed by atoms with E-state index in [-0.39, 0.29) is 5.88 Å². The normalized spacial score (nSPS) is 14.1. The van der Waals surface area contributed by atoms with Gasteiger partial charge in [-0.05, 0) is 12.1 Å². The molecule has 3 nitrogen and oxygen atoms in total. The molecule has 80 valence electrons. The zero-order valence-corrected chi connectivity index (χ0v) is 8.72. The minimum Gasteiger partial charge on any atom is -0.463 e. The number of nitrogens with zero attached hydrogens (tertiary/aromatic N) is 1. The standard InChI is InChI=1S/C7H7BrF3NO2/c1-4(7(9,10)11)13-6-2-5(3-8)14-12-6/h2,4H,3H2,1H3/t4-/m0/s1. The smallest absolute Gasteiger partial charge is 0.425 e. The van der Waals surface area contributed by atoms with Crippen LogP contribution >= 0.6 is 15.9 Å². The van der Waals surface area contributed by atoms with E-state index >= 15 is 0 Å². The van der Waals surface area contributed by atoms with Gasteiger partial charge in [-0.15, -0.1) is 0 Å². The molecule has 0 aliphatic carbocycles. The highest BCUT2D eigenvalue weighted by Crippen LogP contribution is 2.24. The molecule has 14 heavy (non-hydrogen) atoms. The van der Waals surface area contributed by atoms with Crippen LogP contribution in [0.15, 0.2) is 10.6 Å². The Balaban J connectivity index is 2.60. The van der Waals surface area contributed by atoms with E-state index in [1.165, 1.54) is 6.07 Å². The summed E-state index contributed by atoms with van der Waals surface area (Å²) in [5.41, 5.74) is 0. The van der Waals surface area contributed by atoms with Gasteiger partial charge < -0.3 is 9.26 Å². The van der Waals surface area contributed by atoms with Crippen LogP contribution in [0.2, 0.25) is 0 Å². The summed E-state index contributed by atoms with van der Waals surface area (Å²) >= 11 is 3.06. The summed E-state index contributed by atoms with van der Waals surface area (Å²) in [6.07, 6.45) is -6.29. The Bertz CT molecular complexity index is 299. The van der Waals surface area contributed by atoms with Gasteiger partial charge in [0.2, 0.25) is 0 Å². The largest absolute Gasteiger partial charge is 0.463 e. The monoisotopic (exact) mass is 273 g/mol. The first kappa shape index (κ1) is 11.4. The molecule has 1 heterocycles. The Hall–Kier alpha value is -0.720. The van der Waals surface area contributed by atoms with Crippen LogP contribution in [-0.2, 0) is 5.33 Å². The van der Waals surface area contributed by atoms with Gasteiger partial charge in [0, 0.05) is 6.07 Å². The lowest BCUT2D eigenvalue weighted by Crippen LogP contribution is -2.31. The number of rotatable bonds is 3. The third-order valence-electron chi connectivity index (χ3n) is 1.43. The Morgan fingerprint density at radius 3 is 2.71 bits per heavy atom. The molecule has 0 amide bonds. The van der Waals surface area contributed by atoms with Crippen molar-refractivity contribution in [3.63, 3.8) is 0 Å². The summed E-state index contributed by atoms with van der Waals surface area (Å²) in [7, 11) is 0. The molecule has 0 unspecified atom stereocenters. The van der Waals surface area contributed by atoms with Crippen molar-refractivity contribution >= 4 is 15.9 Å². The molecule has 0 aromatic carbocycles. The van der Waals surface area contributed by atoms with Crippen LogP contribution in [0.1, 0.15) is 12.7 Å². The zero-order valence-electron chi connectivity index (χ0n) is 7.14. The molecular formula is C7H7BrF3NO2. The van der Waals surface area contributed by atoms with Crippen molar-refractivity contribution in [3.8, 4) is 5.88 Å². The van der Waals surface area contributed by atoms with Gasteiger partial charge in [-0.25, -0.2) is 0 Å². The van der Waals surface area contributed by atoms with Crippen molar-refractivity contribution < 1.29 is 22.4 Å². The number of hydrogen-bond acceptors (Lipinski definition) is 3. The summed E-state index contributed by atoms with van der Waals surface area (Å²) < 4.78 is 45.2. The first-order chi connectivity index (χ1) is 6.43. The fourth-order valence-electron chi connectivity index (χ4n) is 0.660. The summed E-state index contributed by atoms with van der Waals surface area (Å²) in [6, 6.07) is 1.30. The molecule has 0 aliphatic rings. The number of halogens is 4. The van der Waals surface area contributed by atoms with Crippen molar-refractivity contribution in [2.45, 2.75) is 24.5 Å². The van der Waals surface area contributed by atoms with E-state index in [2.05, 4.69) is 30.3 Å². The Kier molecular flexibility index (Phi) is 3.41. The van der Waals surface area contributed by atoms with Crippen molar-refractivity contribution in [2.75, 3.05) is 0 Å². The maximum absolute atomic E-state index is 12.0. The van der Waals surface area contributed by atoms with Crippen molar-refractivity contribution in [1.82, 2.24) is 5.16 Å². The molecule has 0 N–H and O–H groups in total. The minimum absolute atomic E-state index is 0.163. The lowest BCUT2D eigenvalue weighted by molar-refractivity contribution is -0.190. The van der Waals surface area contributed by atoms with Gasteiger partial charge in [0.25, 0.3) is 5.88 Å². The molecule has 1 atom stereocenters. The second kappa shape index (κ2) is 4.20. The average Bonchev–Trinajstić information content (AvgIpc) is 2.50. The predicted octanol–water partition coefficient (Wildman–Crippen LogP) is 2.90. The number of hydrogen-bond donors (Lipinski definition) is 0. The first-order valence-electron chi connectivity index (χ1n) is 3.68. The van der Waals surface area contributed by atoms with E-state index in [4.69, 9.17) is 0 Å². The Morgan fingerprint density at radius 1 is 1.64 bits per heavy atom. The highest BCUT2D eigenvalue weighted by molar-refractivity contribution is 9.08. The molecule has 1 rings (SSSR count). The maximum Gasteiger partial charge on any atom is 0.425 e. The Morgan fingerprint density at radius 2 is 2.29 bits per heavy atom. The van der Waals surface area contributed by atoms with E-state index in [1.807, 2.05) is 0 Å². The van der Waals surface area contributed by atoms with Gasteiger partial charge in [0.1, 0.15) is 0 Å². The Labute approximate surface area is 86.3 Å². The summed E-state index contributed by atoms with van der Waals surface area (Å²) in [6.45, 7) is 0.905. The highest BCUT2D eigenvalue weighted by atomic mass is 79.9. The maximum atomic E-state index is 12.0. The van der Waals surface area contributed by atoms with Crippen LogP contribution in [-0.4, -0.2) is 17.4 Å². The van der Waals surface area contributed by atoms with E-state index < -0.39 is 12.3 Å². The predicted molar refractivity (Wildman–Crippen MR) is 45.3 cm³/mol. The number of aromatic nitrogens is 1. The topological polar surface area (TPSA) is 35.3 Å². The van der Waals surface area contributed by atoms with Crippen LogP contribution in [0.3, 0.4) is 0 Å².